The number of para-hydroxylation sites is 1. The van der Waals surface area contributed by atoms with Crippen LogP contribution in [0.1, 0.15) is 29.1 Å². The highest BCUT2D eigenvalue weighted by Gasteiger charge is 2.21. The molecule has 164 valence electrons. The van der Waals surface area contributed by atoms with Crippen molar-refractivity contribution in [3.8, 4) is 5.75 Å². The normalized spacial score (nSPS) is 14.9. The number of ether oxygens (including phenoxy) is 1. The van der Waals surface area contributed by atoms with Crippen molar-refractivity contribution in [2.24, 2.45) is 0 Å². The maximum absolute atomic E-state index is 12.8. The van der Waals surface area contributed by atoms with Gasteiger partial charge in [0.05, 0.1) is 5.69 Å². The van der Waals surface area contributed by atoms with Crippen LogP contribution >= 0.6 is 0 Å². The van der Waals surface area contributed by atoms with Gasteiger partial charge in [0.2, 0.25) is 5.91 Å². The van der Waals surface area contributed by atoms with Crippen LogP contribution in [0.3, 0.4) is 0 Å². The number of benzene rings is 1. The summed E-state index contributed by atoms with van der Waals surface area (Å²) in [5.41, 5.74) is 5.01. The Morgan fingerprint density at radius 2 is 1.81 bits per heavy atom. The average Bonchev–Trinajstić information content (AvgIpc) is 3.15. The van der Waals surface area contributed by atoms with Crippen LogP contribution < -0.4 is 4.74 Å². The first-order valence-electron chi connectivity index (χ1n) is 11.0. The lowest BCUT2D eigenvalue weighted by Gasteiger charge is -2.34. The molecule has 2 aromatic heterocycles. The fraction of sp³-hybridized carbons (Fsp3) is 0.458. The predicted octanol–water partition coefficient (Wildman–Crippen LogP) is 2.81. The quantitative estimate of drug-likeness (QED) is 0.587. The summed E-state index contributed by atoms with van der Waals surface area (Å²) in [7, 11) is 0. The summed E-state index contributed by atoms with van der Waals surface area (Å²) in [6.07, 6.45) is 1.20. The highest BCUT2D eigenvalue weighted by Crippen LogP contribution is 2.18. The molecule has 1 aromatic carbocycles. The highest BCUT2D eigenvalue weighted by molar-refractivity contribution is 5.76. The Hall–Kier alpha value is -2.93. The van der Waals surface area contributed by atoms with Gasteiger partial charge in [0.1, 0.15) is 12.4 Å². The molecule has 1 fully saturated rings. The first-order chi connectivity index (χ1) is 15.0. The van der Waals surface area contributed by atoms with Gasteiger partial charge in [-0.25, -0.2) is 9.50 Å². The molecule has 7 nitrogen and oxygen atoms in total. The van der Waals surface area contributed by atoms with Gasteiger partial charge in [0, 0.05) is 56.6 Å². The van der Waals surface area contributed by atoms with Crippen molar-refractivity contribution >= 4 is 11.6 Å². The summed E-state index contributed by atoms with van der Waals surface area (Å²) >= 11 is 0. The molecule has 1 amide bonds. The number of aromatic nitrogens is 3. The van der Waals surface area contributed by atoms with Gasteiger partial charge in [-0.1, -0.05) is 18.2 Å². The van der Waals surface area contributed by atoms with Crippen LogP contribution in [0.25, 0.3) is 5.65 Å². The number of nitrogens with zero attached hydrogens (tertiary/aromatic N) is 5. The largest absolute Gasteiger partial charge is 0.492 e. The second-order valence-corrected chi connectivity index (χ2v) is 8.20. The molecule has 0 atom stereocenters. The first-order valence-corrected chi connectivity index (χ1v) is 11.0. The van der Waals surface area contributed by atoms with Gasteiger partial charge in [-0.2, -0.15) is 5.10 Å². The smallest absolute Gasteiger partial charge is 0.222 e. The van der Waals surface area contributed by atoms with Gasteiger partial charge < -0.3 is 9.64 Å². The van der Waals surface area contributed by atoms with E-state index in [2.05, 4.69) is 21.9 Å². The molecule has 31 heavy (non-hydrogen) atoms. The number of amides is 1. The molecule has 0 unspecified atom stereocenters. The number of aryl methyl sites for hydroxylation is 3. The summed E-state index contributed by atoms with van der Waals surface area (Å²) < 4.78 is 7.68. The predicted molar refractivity (Wildman–Crippen MR) is 120 cm³/mol. The van der Waals surface area contributed by atoms with Crippen molar-refractivity contribution in [1.29, 1.82) is 0 Å². The molecule has 1 saturated heterocycles. The fourth-order valence-corrected chi connectivity index (χ4v) is 4.22. The SMILES string of the molecule is Cc1cc2nc(C)c(CCC(=O)N3CCN(CCOc4ccccc4)CC3)c(C)n2n1. The van der Waals surface area contributed by atoms with E-state index in [1.165, 1.54) is 0 Å². The van der Waals surface area contributed by atoms with E-state index in [1.807, 2.05) is 59.7 Å². The standard InChI is InChI=1S/C24H31N5O2/c1-18-17-23-25-19(2)22(20(3)29(23)26-18)9-10-24(30)28-13-11-27(12-14-28)15-16-31-21-7-5-4-6-8-21/h4-8,17H,9-16H2,1-3H3. The van der Waals surface area contributed by atoms with Crippen molar-refractivity contribution in [1.82, 2.24) is 24.4 Å². The maximum atomic E-state index is 12.8. The Morgan fingerprint density at radius 1 is 1.06 bits per heavy atom. The molecule has 0 spiro atoms. The number of fused-ring (bicyclic) bond motifs is 1. The van der Waals surface area contributed by atoms with E-state index in [-0.39, 0.29) is 5.91 Å². The summed E-state index contributed by atoms with van der Waals surface area (Å²) in [6, 6.07) is 11.9. The Morgan fingerprint density at radius 3 is 2.55 bits per heavy atom. The second kappa shape index (κ2) is 9.47. The van der Waals surface area contributed by atoms with E-state index in [4.69, 9.17) is 4.74 Å². The number of carbonyl (C=O) groups is 1. The number of hydrogen-bond acceptors (Lipinski definition) is 5. The summed E-state index contributed by atoms with van der Waals surface area (Å²) in [6.45, 7) is 10.9. The lowest BCUT2D eigenvalue weighted by atomic mass is 10.1. The van der Waals surface area contributed by atoms with Gasteiger partial charge in [0.15, 0.2) is 5.65 Å². The number of hydrogen-bond donors (Lipinski definition) is 0. The zero-order chi connectivity index (χ0) is 21.8. The third-order valence-electron chi connectivity index (χ3n) is 6.02. The van der Waals surface area contributed by atoms with E-state index in [1.54, 1.807) is 0 Å². The van der Waals surface area contributed by atoms with Crippen LogP contribution in [0.5, 0.6) is 5.75 Å². The van der Waals surface area contributed by atoms with Crippen molar-refractivity contribution in [3.63, 3.8) is 0 Å². The minimum absolute atomic E-state index is 0.218. The van der Waals surface area contributed by atoms with E-state index in [9.17, 15) is 4.79 Å². The van der Waals surface area contributed by atoms with Crippen LogP contribution in [0.15, 0.2) is 36.4 Å². The molecule has 3 aromatic rings. The fourth-order valence-electron chi connectivity index (χ4n) is 4.22. The van der Waals surface area contributed by atoms with Crippen LogP contribution in [-0.4, -0.2) is 69.6 Å². The van der Waals surface area contributed by atoms with Gasteiger partial charge in [0.25, 0.3) is 0 Å². The topological polar surface area (TPSA) is 63.0 Å². The van der Waals surface area contributed by atoms with E-state index < -0.39 is 0 Å². The van der Waals surface area contributed by atoms with Crippen LogP contribution in [0, 0.1) is 20.8 Å². The van der Waals surface area contributed by atoms with Gasteiger partial charge in [-0.05, 0) is 44.9 Å². The third kappa shape index (κ3) is 5.05. The van der Waals surface area contributed by atoms with Gasteiger partial charge in [-0.15, -0.1) is 0 Å². The molecule has 1 aliphatic rings. The molecular formula is C24H31N5O2. The Kier molecular flexibility index (Phi) is 6.51. The van der Waals surface area contributed by atoms with Gasteiger partial charge >= 0.3 is 0 Å². The molecule has 4 rings (SSSR count). The van der Waals surface area contributed by atoms with E-state index >= 15 is 0 Å². The minimum Gasteiger partial charge on any atom is -0.492 e. The highest BCUT2D eigenvalue weighted by atomic mass is 16.5. The lowest BCUT2D eigenvalue weighted by Crippen LogP contribution is -2.49. The van der Waals surface area contributed by atoms with Crippen molar-refractivity contribution in [2.75, 3.05) is 39.3 Å². The van der Waals surface area contributed by atoms with E-state index in [0.29, 0.717) is 19.4 Å². The summed E-state index contributed by atoms with van der Waals surface area (Å²) in [5.74, 6) is 1.12. The molecule has 0 N–H and O–H groups in total. The molecule has 0 saturated carbocycles. The molecule has 7 heteroatoms. The second-order valence-electron chi connectivity index (χ2n) is 8.20. The summed E-state index contributed by atoms with van der Waals surface area (Å²) in [5, 5.41) is 4.53. The monoisotopic (exact) mass is 421 g/mol. The van der Waals surface area contributed by atoms with Crippen molar-refractivity contribution in [2.45, 2.75) is 33.6 Å². The molecule has 0 aliphatic carbocycles. The molecule has 3 heterocycles. The Balaban J connectivity index is 1.24. The zero-order valence-electron chi connectivity index (χ0n) is 18.7. The molecular weight excluding hydrogens is 390 g/mol. The number of rotatable bonds is 7. The van der Waals surface area contributed by atoms with E-state index in [0.717, 1.165) is 66.8 Å². The molecule has 1 aliphatic heterocycles. The summed E-state index contributed by atoms with van der Waals surface area (Å²) in [4.78, 5) is 21.8. The Bertz CT molecular complexity index is 1040. The number of carbonyl (C=O) groups excluding carboxylic acids is 1. The molecule has 0 radical (unpaired) electrons. The lowest BCUT2D eigenvalue weighted by molar-refractivity contribution is -0.132. The maximum Gasteiger partial charge on any atom is 0.222 e. The van der Waals surface area contributed by atoms with Crippen LogP contribution in [0.2, 0.25) is 0 Å². The van der Waals surface area contributed by atoms with Gasteiger partial charge in [-0.3, -0.25) is 9.69 Å². The third-order valence-corrected chi connectivity index (χ3v) is 6.02. The zero-order valence-corrected chi connectivity index (χ0v) is 18.7. The van der Waals surface area contributed by atoms with Crippen molar-refractivity contribution in [3.05, 3.63) is 59.0 Å². The van der Waals surface area contributed by atoms with Crippen LogP contribution in [-0.2, 0) is 11.2 Å². The average molecular weight is 422 g/mol. The number of piperazine rings is 1. The Labute approximate surface area is 183 Å². The first kappa shape index (κ1) is 21.3. The minimum atomic E-state index is 0.218. The van der Waals surface area contributed by atoms with Crippen LogP contribution in [0.4, 0.5) is 0 Å². The van der Waals surface area contributed by atoms with Crippen molar-refractivity contribution < 1.29 is 9.53 Å². The molecule has 0 bridgehead atoms.